The molecule has 0 fully saturated rings. The molecule has 0 bridgehead atoms. The van der Waals surface area contributed by atoms with Gasteiger partial charge in [-0.2, -0.15) is 0 Å². The molecule has 2 N–H and O–H groups in total. The van der Waals surface area contributed by atoms with Crippen molar-refractivity contribution in [2.75, 3.05) is 20.3 Å². The molecule has 5 nitrogen and oxygen atoms in total. The first-order valence-corrected chi connectivity index (χ1v) is 4.10. The summed E-state index contributed by atoms with van der Waals surface area (Å²) in [6, 6.07) is 0. The van der Waals surface area contributed by atoms with E-state index in [4.69, 9.17) is 9.79 Å². The second kappa shape index (κ2) is 4.82. The van der Waals surface area contributed by atoms with Gasteiger partial charge in [0.15, 0.2) is 0 Å². The van der Waals surface area contributed by atoms with Crippen molar-refractivity contribution < 1.29 is 23.6 Å². The smallest absolute Gasteiger partial charge is 0.384 e. The molecule has 0 heterocycles. The maximum absolute atomic E-state index is 10.0. The Bertz CT molecular complexity index is 119. The van der Waals surface area contributed by atoms with Crippen LogP contribution in [-0.2, 0) is 13.8 Å². The summed E-state index contributed by atoms with van der Waals surface area (Å²) >= 11 is 0. The van der Waals surface area contributed by atoms with Crippen LogP contribution < -0.4 is 0 Å². The van der Waals surface area contributed by atoms with Crippen LogP contribution in [0.2, 0.25) is 0 Å². The van der Waals surface area contributed by atoms with E-state index in [2.05, 4.69) is 9.26 Å². The third kappa shape index (κ3) is 8.07. The quantitative estimate of drug-likeness (QED) is 0.445. The number of ether oxygens (including phenoxy) is 1. The molecule has 0 aliphatic rings. The molecule has 0 saturated heterocycles. The van der Waals surface area contributed by atoms with Crippen LogP contribution in [0.4, 0.5) is 0 Å². The predicted octanol–water partition coefficient (Wildman–Crippen LogP) is -0.0536. The van der Waals surface area contributed by atoms with Crippen molar-refractivity contribution in [3.05, 3.63) is 6.42 Å². The van der Waals surface area contributed by atoms with Gasteiger partial charge in [0.05, 0.1) is 13.2 Å². The minimum Gasteiger partial charge on any atom is -0.384 e. The van der Waals surface area contributed by atoms with Gasteiger partial charge in [0.2, 0.25) is 0 Å². The summed E-state index contributed by atoms with van der Waals surface area (Å²) in [5.74, 6) is 0. The van der Waals surface area contributed by atoms with Crippen molar-refractivity contribution in [3.63, 3.8) is 0 Å². The highest BCUT2D eigenvalue weighted by Crippen LogP contribution is 2.35. The molecule has 61 valence electrons. The highest BCUT2D eigenvalue weighted by molar-refractivity contribution is 7.46. The van der Waals surface area contributed by atoms with Gasteiger partial charge in [0.1, 0.15) is 0 Å². The standard InChI is InChI=1S/C4H10O5P/c1-8-3-2-4-9-10(5,6)7/h2H,3-4H2,1H3,(H2,5,6,7). The van der Waals surface area contributed by atoms with Gasteiger partial charge in [-0.3, -0.25) is 4.52 Å². The van der Waals surface area contributed by atoms with Crippen molar-refractivity contribution in [1.82, 2.24) is 0 Å². The summed E-state index contributed by atoms with van der Waals surface area (Å²) in [7, 11) is -2.81. The lowest BCUT2D eigenvalue weighted by Crippen LogP contribution is -1.97. The Morgan fingerprint density at radius 1 is 1.50 bits per heavy atom. The van der Waals surface area contributed by atoms with Gasteiger partial charge >= 0.3 is 7.82 Å². The summed E-state index contributed by atoms with van der Waals surface area (Å²) in [5, 5.41) is 0. The van der Waals surface area contributed by atoms with E-state index in [9.17, 15) is 4.57 Å². The molecule has 1 radical (unpaired) electrons. The average molecular weight is 169 g/mol. The summed E-state index contributed by atoms with van der Waals surface area (Å²) < 4.78 is 18.6. The van der Waals surface area contributed by atoms with Crippen LogP contribution in [0.15, 0.2) is 0 Å². The Labute approximate surface area is 59.2 Å². The third-order valence-corrected chi connectivity index (χ3v) is 1.13. The second-order valence-corrected chi connectivity index (χ2v) is 2.77. The molecule has 0 amide bonds. The van der Waals surface area contributed by atoms with Gasteiger partial charge in [-0.25, -0.2) is 4.57 Å². The molecule has 0 unspecified atom stereocenters. The number of methoxy groups -OCH3 is 1. The lowest BCUT2D eigenvalue weighted by Gasteiger charge is -2.02. The Hall–Kier alpha value is 0.0700. The van der Waals surface area contributed by atoms with Crippen LogP contribution in [-0.4, -0.2) is 30.1 Å². The van der Waals surface area contributed by atoms with E-state index in [0.717, 1.165) is 0 Å². The molecule has 0 aromatic heterocycles. The van der Waals surface area contributed by atoms with Gasteiger partial charge in [-0.1, -0.05) is 0 Å². The summed E-state index contributed by atoms with van der Waals surface area (Å²) in [5.41, 5.74) is 0. The fourth-order valence-electron chi connectivity index (χ4n) is 0.316. The molecule has 0 saturated carbocycles. The molecular weight excluding hydrogens is 159 g/mol. The van der Waals surface area contributed by atoms with E-state index in [-0.39, 0.29) is 6.61 Å². The fraction of sp³-hybridized carbons (Fsp3) is 0.750. The minimum atomic E-state index is -4.29. The van der Waals surface area contributed by atoms with Crippen molar-refractivity contribution in [2.24, 2.45) is 0 Å². The first-order valence-electron chi connectivity index (χ1n) is 2.57. The Morgan fingerprint density at radius 2 is 2.10 bits per heavy atom. The lowest BCUT2D eigenvalue weighted by atomic mass is 10.5. The van der Waals surface area contributed by atoms with E-state index in [1.165, 1.54) is 13.5 Å². The fourth-order valence-corrected chi connectivity index (χ4v) is 0.615. The molecule has 0 aromatic carbocycles. The molecule has 0 aliphatic carbocycles. The Kier molecular flexibility index (Phi) is 4.85. The first-order chi connectivity index (χ1) is 4.56. The van der Waals surface area contributed by atoms with Gasteiger partial charge in [-0.05, 0) is 0 Å². The third-order valence-electron chi connectivity index (χ3n) is 0.645. The maximum atomic E-state index is 10.0. The molecule has 6 heteroatoms. The number of rotatable bonds is 5. The summed E-state index contributed by atoms with van der Waals surface area (Å²) in [6.07, 6.45) is 1.47. The highest BCUT2D eigenvalue weighted by Gasteiger charge is 2.12. The zero-order valence-corrected chi connectivity index (χ0v) is 6.45. The molecular formula is C4H10O5P. The molecule has 0 aliphatic heterocycles. The summed E-state index contributed by atoms with van der Waals surface area (Å²) in [6.45, 7) is 0.220. The van der Waals surface area contributed by atoms with Crippen LogP contribution >= 0.6 is 7.82 Å². The van der Waals surface area contributed by atoms with Crippen LogP contribution in [0, 0.1) is 6.42 Å². The monoisotopic (exact) mass is 169 g/mol. The zero-order valence-electron chi connectivity index (χ0n) is 5.56. The first kappa shape index (κ1) is 10.1. The molecule has 0 aromatic rings. The van der Waals surface area contributed by atoms with E-state index in [1.54, 1.807) is 0 Å². The van der Waals surface area contributed by atoms with Gasteiger partial charge in [-0.15, -0.1) is 0 Å². The van der Waals surface area contributed by atoms with Gasteiger partial charge in [0.25, 0.3) is 0 Å². The molecule has 0 rings (SSSR count). The van der Waals surface area contributed by atoms with Gasteiger partial charge < -0.3 is 14.5 Å². The average Bonchev–Trinajstić information content (AvgIpc) is 1.78. The number of phosphoric ester groups is 1. The zero-order chi connectivity index (χ0) is 8.04. The van der Waals surface area contributed by atoms with Crippen LogP contribution in [0.5, 0.6) is 0 Å². The van der Waals surface area contributed by atoms with E-state index >= 15 is 0 Å². The Balaban J connectivity index is 3.13. The minimum absolute atomic E-state index is 0.0991. The van der Waals surface area contributed by atoms with Crippen molar-refractivity contribution in [1.29, 1.82) is 0 Å². The van der Waals surface area contributed by atoms with Crippen molar-refractivity contribution in [2.45, 2.75) is 0 Å². The Morgan fingerprint density at radius 3 is 2.50 bits per heavy atom. The lowest BCUT2D eigenvalue weighted by molar-refractivity contribution is 0.182. The van der Waals surface area contributed by atoms with Crippen LogP contribution in [0.3, 0.4) is 0 Å². The predicted molar refractivity (Wildman–Crippen MR) is 34.2 cm³/mol. The largest absolute Gasteiger partial charge is 0.469 e. The number of phosphoric acid groups is 1. The normalized spacial score (nSPS) is 11.9. The van der Waals surface area contributed by atoms with Crippen molar-refractivity contribution in [3.8, 4) is 0 Å². The topological polar surface area (TPSA) is 76.0 Å². The molecule has 10 heavy (non-hydrogen) atoms. The highest BCUT2D eigenvalue weighted by atomic mass is 31.2. The number of hydrogen-bond donors (Lipinski definition) is 2. The van der Waals surface area contributed by atoms with Gasteiger partial charge in [0, 0.05) is 13.5 Å². The van der Waals surface area contributed by atoms with E-state index in [1.807, 2.05) is 0 Å². The SMILES string of the molecule is COC[CH]COP(=O)(O)O. The van der Waals surface area contributed by atoms with Crippen LogP contribution in [0.1, 0.15) is 0 Å². The second-order valence-electron chi connectivity index (χ2n) is 1.53. The number of hydrogen-bond acceptors (Lipinski definition) is 3. The van der Waals surface area contributed by atoms with E-state index < -0.39 is 7.82 Å². The van der Waals surface area contributed by atoms with Crippen LogP contribution in [0.25, 0.3) is 0 Å². The molecule has 0 spiro atoms. The van der Waals surface area contributed by atoms with E-state index in [0.29, 0.717) is 6.61 Å². The summed E-state index contributed by atoms with van der Waals surface area (Å²) in [4.78, 5) is 16.3. The maximum Gasteiger partial charge on any atom is 0.469 e. The van der Waals surface area contributed by atoms with Crippen molar-refractivity contribution >= 4 is 7.82 Å². The molecule has 0 atom stereocenters.